The van der Waals surface area contributed by atoms with Crippen LogP contribution < -0.4 is 0 Å². The number of likely N-dealkylation sites (N-methyl/N-ethyl adjacent to an activating group) is 1. The third kappa shape index (κ3) is 2.38. The Morgan fingerprint density at radius 3 is 2.61 bits per heavy atom. The van der Waals surface area contributed by atoms with E-state index in [1.165, 1.54) is 4.90 Å². The molecule has 2 aliphatic rings. The monoisotopic (exact) mass is 254 g/mol. The third-order valence-corrected chi connectivity index (χ3v) is 3.59. The molecule has 2 atom stereocenters. The van der Waals surface area contributed by atoms with E-state index in [-0.39, 0.29) is 30.8 Å². The zero-order chi connectivity index (χ0) is 13.4. The first-order valence-corrected chi connectivity index (χ1v) is 6.20. The first-order chi connectivity index (χ1) is 8.41. The van der Waals surface area contributed by atoms with Crippen LogP contribution in [0.4, 0.5) is 0 Å². The van der Waals surface area contributed by atoms with Crippen molar-refractivity contribution in [1.82, 2.24) is 9.80 Å². The average Bonchev–Trinajstić information content (AvgIpc) is 3.05. The van der Waals surface area contributed by atoms with Crippen molar-refractivity contribution in [2.24, 2.45) is 5.92 Å². The Bertz CT molecular complexity index is 392. The molecule has 1 heterocycles. The van der Waals surface area contributed by atoms with E-state index in [4.69, 9.17) is 5.11 Å². The number of hydrogen-bond donors (Lipinski definition) is 1. The van der Waals surface area contributed by atoms with Gasteiger partial charge in [0.15, 0.2) is 0 Å². The van der Waals surface area contributed by atoms with Gasteiger partial charge in [-0.2, -0.15) is 0 Å². The van der Waals surface area contributed by atoms with Gasteiger partial charge < -0.3 is 5.11 Å². The first kappa shape index (κ1) is 13.0. The quantitative estimate of drug-likeness (QED) is 0.695. The smallest absolute Gasteiger partial charge is 0.307 e. The van der Waals surface area contributed by atoms with Crippen LogP contribution in [-0.4, -0.2) is 58.4 Å². The molecule has 0 aromatic rings. The maximum Gasteiger partial charge on any atom is 0.307 e. The predicted molar refractivity (Wildman–Crippen MR) is 62.7 cm³/mol. The minimum Gasteiger partial charge on any atom is -0.481 e. The maximum atomic E-state index is 12.1. The number of carboxylic acid groups (broad SMARTS) is 1. The summed E-state index contributed by atoms with van der Waals surface area (Å²) in [6.07, 6.45) is 1.98. The van der Waals surface area contributed by atoms with E-state index in [1.807, 2.05) is 0 Å². The standard InChI is InChI=1S/C12H18N2O4/c1-7(12(17)18)6-13(2)9-5-10(15)14(11(9)16)8-3-4-8/h7-9H,3-6H2,1-2H3,(H,17,18). The van der Waals surface area contributed by atoms with Crippen molar-refractivity contribution in [3.8, 4) is 0 Å². The number of carbonyl (C=O) groups excluding carboxylic acids is 2. The zero-order valence-electron chi connectivity index (χ0n) is 10.6. The SMILES string of the molecule is CC(CN(C)C1CC(=O)N(C2CC2)C1=O)C(=O)O. The van der Waals surface area contributed by atoms with E-state index in [0.29, 0.717) is 0 Å². The van der Waals surface area contributed by atoms with E-state index < -0.39 is 17.9 Å². The predicted octanol–water partition coefficient (Wildman–Crippen LogP) is -0.0712. The van der Waals surface area contributed by atoms with Gasteiger partial charge in [-0.15, -0.1) is 0 Å². The van der Waals surface area contributed by atoms with Gasteiger partial charge in [0.05, 0.1) is 18.4 Å². The number of rotatable bonds is 5. The highest BCUT2D eigenvalue weighted by Gasteiger charge is 2.47. The number of likely N-dealkylation sites (tertiary alicyclic amines) is 1. The van der Waals surface area contributed by atoms with Crippen molar-refractivity contribution in [3.05, 3.63) is 0 Å². The second-order valence-corrected chi connectivity index (χ2v) is 5.23. The minimum atomic E-state index is -0.891. The second-order valence-electron chi connectivity index (χ2n) is 5.23. The van der Waals surface area contributed by atoms with E-state index in [9.17, 15) is 14.4 Å². The van der Waals surface area contributed by atoms with Crippen LogP contribution in [0.5, 0.6) is 0 Å². The van der Waals surface area contributed by atoms with Crippen LogP contribution in [0, 0.1) is 5.92 Å². The van der Waals surface area contributed by atoms with Gasteiger partial charge in [0, 0.05) is 12.6 Å². The maximum absolute atomic E-state index is 12.1. The number of hydrogen-bond acceptors (Lipinski definition) is 4. The molecule has 1 aliphatic heterocycles. The van der Waals surface area contributed by atoms with Crippen LogP contribution in [-0.2, 0) is 14.4 Å². The van der Waals surface area contributed by atoms with Gasteiger partial charge in [-0.3, -0.25) is 24.2 Å². The number of carbonyl (C=O) groups is 3. The Labute approximate surface area is 106 Å². The number of nitrogens with zero attached hydrogens (tertiary/aromatic N) is 2. The Morgan fingerprint density at radius 2 is 2.11 bits per heavy atom. The van der Waals surface area contributed by atoms with Crippen molar-refractivity contribution < 1.29 is 19.5 Å². The summed E-state index contributed by atoms with van der Waals surface area (Å²) in [6.45, 7) is 1.87. The fourth-order valence-electron chi connectivity index (χ4n) is 2.33. The van der Waals surface area contributed by atoms with E-state index in [0.717, 1.165) is 12.8 Å². The molecule has 1 saturated carbocycles. The van der Waals surface area contributed by atoms with Crippen molar-refractivity contribution >= 4 is 17.8 Å². The molecule has 1 N–H and O–H groups in total. The molecular weight excluding hydrogens is 236 g/mol. The van der Waals surface area contributed by atoms with Crippen molar-refractivity contribution in [2.45, 2.75) is 38.3 Å². The molecule has 2 amide bonds. The summed E-state index contributed by atoms with van der Waals surface area (Å²) in [5.74, 6) is -1.73. The van der Waals surface area contributed by atoms with Crippen LogP contribution in [0.2, 0.25) is 0 Å². The van der Waals surface area contributed by atoms with Gasteiger partial charge >= 0.3 is 5.97 Å². The molecule has 2 unspecified atom stereocenters. The molecule has 6 nitrogen and oxygen atoms in total. The molecule has 1 aliphatic carbocycles. The van der Waals surface area contributed by atoms with Crippen LogP contribution in [0.1, 0.15) is 26.2 Å². The van der Waals surface area contributed by atoms with Gasteiger partial charge in [0.2, 0.25) is 11.8 Å². The number of amides is 2. The molecule has 2 fully saturated rings. The molecule has 0 aromatic heterocycles. The van der Waals surface area contributed by atoms with Crippen LogP contribution in [0.15, 0.2) is 0 Å². The number of imide groups is 1. The summed E-state index contributed by atoms with van der Waals surface area (Å²) in [4.78, 5) is 37.7. The van der Waals surface area contributed by atoms with E-state index in [1.54, 1.807) is 18.9 Å². The molecule has 0 radical (unpaired) electrons. The third-order valence-electron chi connectivity index (χ3n) is 3.59. The van der Waals surface area contributed by atoms with Crippen molar-refractivity contribution in [3.63, 3.8) is 0 Å². The van der Waals surface area contributed by atoms with Crippen LogP contribution >= 0.6 is 0 Å². The van der Waals surface area contributed by atoms with Gasteiger partial charge in [-0.05, 0) is 19.9 Å². The van der Waals surface area contributed by atoms with Crippen LogP contribution in [0.25, 0.3) is 0 Å². The molecule has 0 bridgehead atoms. The lowest BCUT2D eigenvalue weighted by atomic mass is 10.1. The van der Waals surface area contributed by atoms with Gasteiger partial charge in [-0.1, -0.05) is 6.92 Å². The normalized spacial score (nSPS) is 25.9. The Kier molecular flexibility index (Phi) is 3.38. The molecular formula is C12H18N2O4. The molecule has 18 heavy (non-hydrogen) atoms. The Balaban J connectivity index is 1.99. The minimum absolute atomic E-state index is 0.0975. The Hall–Kier alpha value is -1.43. The first-order valence-electron chi connectivity index (χ1n) is 6.20. The highest BCUT2D eigenvalue weighted by Crippen LogP contribution is 2.32. The molecule has 0 aromatic carbocycles. The van der Waals surface area contributed by atoms with E-state index >= 15 is 0 Å². The summed E-state index contributed by atoms with van der Waals surface area (Å²) >= 11 is 0. The molecule has 2 rings (SSSR count). The summed E-state index contributed by atoms with van der Waals surface area (Å²) in [5, 5.41) is 8.85. The molecule has 100 valence electrons. The van der Waals surface area contributed by atoms with Gasteiger partial charge in [0.25, 0.3) is 0 Å². The van der Waals surface area contributed by atoms with Gasteiger partial charge in [0.1, 0.15) is 0 Å². The lowest BCUT2D eigenvalue weighted by molar-refractivity contribution is -0.144. The number of carboxylic acids is 1. The second kappa shape index (κ2) is 4.68. The summed E-state index contributed by atoms with van der Waals surface area (Å²) < 4.78 is 0. The fraction of sp³-hybridized carbons (Fsp3) is 0.750. The molecule has 0 spiro atoms. The van der Waals surface area contributed by atoms with Crippen LogP contribution in [0.3, 0.4) is 0 Å². The lowest BCUT2D eigenvalue weighted by Crippen LogP contribution is -2.43. The average molecular weight is 254 g/mol. The molecule has 6 heteroatoms. The topological polar surface area (TPSA) is 77.9 Å². The molecule has 1 saturated heterocycles. The summed E-state index contributed by atoms with van der Waals surface area (Å²) in [7, 11) is 1.70. The highest BCUT2D eigenvalue weighted by atomic mass is 16.4. The fourth-order valence-corrected chi connectivity index (χ4v) is 2.33. The summed E-state index contributed by atoms with van der Waals surface area (Å²) in [6, 6.07) is -0.389. The highest BCUT2D eigenvalue weighted by molar-refractivity contribution is 6.06. The van der Waals surface area contributed by atoms with Crippen molar-refractivity contribution in [2.75, 3.05) is 13.6 Å². The van der Waals surface area contributed by atoms with E-state index in [2.05, 4.69) is 0 Å². The summed E-state index contributed by atoms with van der Waals surface area (Å²) in [5.41, 5.74) is 0. The zero-order valence-corrected chi connectivity index (χ0v) is 10.6. The lowest BCUT2D eigenvalue weighted by Gasteiger charge is -2.24. The number of aliphatic carboxylic acids is 1. The largest absolute Gasteiger partial charge is 0.481 e. The van der Waals surface area contributed by atoms with Gasteiger partial charge in [-0.25, -0.2) is 0 Å². The Morgan fingerprint density at radius 1 is 1.50 bits per heavy atom. The van der Waals surface area contributed by atoms with Crippen molar-refractivity contribution in [1.29, 1.82) is 0 Å².